The van der Waals surface area contributed by atoms with E-state index in [1.54, 1.807) is 8.61 Å². The fourth-order valence-electron chi connectivity index (χ4n) is 3.73. The van der Waals surface area contributed by atoms with Gasteiger partial charge in [-0.3, -0.25) is 0 Å². The number of rotatable bonds is 2. The number of hydrogen-bond donors (Lipinski definition) is 1. The van der Waals surface area contributed by atoms with Crippen LogP contribution < -0.4 is 5.32 Å². The molecular formula is C13H25N3O2S. The summed E-state index contributed by atoms with van der Waals surface area (Å²) in [4.78, 5) is 0. The second-order valence-electron chi connectivity index (χ2n) is 6.44. The largest absolute Gasteiger partial charge is 0.316 e. The molecule has 3 saturated heterocycles. The number of fused-ring (bicyclic) bond motifs is 1. The van der Waals surface area contributed by atoms with Gasteiger partial charge in [0.15, 0.2) is 0 Å². The van der Waals surface area contributed by atoms with Crippen LogP contribution in [0.5, 0.6) is 0 Å². The van der Waals surface area contributed by atoms with E-state index in [2.05, 4.69) is 12.2 Å². The van der Waals surface area contributed by atoms with Gasteiger partial charge < -0.3 is 5.32 Å². The van der Waals surface area contributed by atoms with Crippen molar-refractivity contribution in [3.63, 3.8) is 0 Å². The number of nitrogens with one attached hydrogen (secondary N) is 1. The predicted octanol–water partition coefficient (Wildman–Crippen LogP) is 0.504. The summed E-state index contributed by atoms with van der Waals surface area (Å²) in [6, 6.07) is 0. The molecule has 3 aliphatic rings. The average Bonchev–Trinajstić information content (AvgIpc) is 2.85. The molecule has 110 valence electrons. The van der Waals surface area contributed by atoms with Crippen LogP contribution in [0.2, 0.25) is 0 Å². The lowest BCUT2D eigenvalue weighted by atomic mass is 9.90. The summed E-state index contributed by atoms with van der Waals surface area (Å²) in [5, 5.41) is 3.39. The van der Waals surface area contributed by atoms with Gasteiger partial charge in [-0.05, 0) is 50.1 Å². The van der Waals surface area contributed by atoms with Crippen molar-refractivity contribution in [1.82, 2.24) is 13.9 Å². The maximum Gasteiger partial charge on any atom is 0.281 e. The minimum absolute atomic E-state index is 0.495. The zero-order valence-electron chi connectivity index (χ0n) is 11.7. The molecule has 6 heteroatoms. The van der Waals surface area contributed by atoms with Crippen molar-refractivity contribution in [2.75, 3.05) is 39.3 Å². The van der Waals surface area contributed by atoms with E-state index in [0.717, 1.165) is 32.4 Å². The van der Waals surface area contributed by atoms with Crippen molar-refractivity contribution in [3.05, 3.63) is 0 Å². The van der Waals surface area contributed by atoms with Gasteiger partial charge in [0.25, 0.3) is 10.2 Å². The van der Waals surface area contributed by atoms with Gasteiger partial charge in [-0.1, -0.05) is 6.92 Å². The van der Waals surface area contributed by atoms with Crippen LogP contribution in [0.1, 0.15) is 26.2 Å². The summed E-state index contributed by atoms with van der Waals surface area (Å²) >= 11 is 0. The Morgan fingerprint density at radius 3 is 2.53 bits per heavy atom. The van der Waals surface area contributed by atoms with Crippen LogP contribution in [0.3, 0.4) is 0 Å². The molecule has 0 saturated carbocycles. The van der Waals surface area contributed by atoms with Gasteiger partial charge in [0.05, 0.1) is 0 Å². The van der Waals surface area contributed by atoms with Crippen molar-refractivity contribution in [3.8, 4) is 0 Å². The Morgan fingerprint density at radius 2 is 1.74 bits per heavy atom. The van der Waals surface area contributed by atoms with E-state index in [1.807, 2.05) is 0 Å². The number of hydrogen-bond acceptors (Lipinski definition) is 3. The molecule has 0 aromatic heterocycles. The lowest BCUT2D eigenvalue weighted by Gasteiger charge is -2.38. The third-order valence-electron chi connectivity index (χ3n) is 4.94. The fraction of sp³-hybridized carbons (Fsp3) is 1.00. The van der Waals surface area contributed by atoms with Crippen LogP contribution in [0.15, 0.2) is 0 Å². The molecule has 0 amide bonds. The maximum absolute atomic E-state index is 12.7. The maximum atomic E-state index is 12.7. The molecule has 0 bridgehead atoms. The van der Waals surface area contributed by atoms with E-state index in [4.69, 9.17) is 0 Å². The molecule has 3 aliphatic heterocycles. The molecule has 3 rings (SSSR count). The Balaban J connectivity index is 1.69. The third kappa shape index (κ3) is 2.68. The first kappa shape index (κ1) is 13.8. The highest BCUT2D eigenvalue weighted by molar-refractivity contribution is 7.86. The molecule has 0 aromatic rings. The molecule has 5 nitrogen and oxygen atoms in total. The second-order valence-corrected chi connectivity index (χ2v) is 8.37. The summed E-state index contributed by atoms with van der Waals surface area (Å²) < 4.78 is 28.9. The lowest BCUT2D eigenvalue weighted by Crippen LogP contribution is -2.52. The summed E-state index contributed by atoms with van der Waals surface area (Å²) in [7, 11) is -3.22. The Kier molecular flexibility index (Phi) is 3.86. The zero-order chi connectivity index (χ0) is 13.5. The smallest absolute Gasteiger partial charge is 0.281 e. The summed E-state index contributed by atoms with van der Waals surface area (Å²) in [6.07, 6.45) is 3.17. The van der Waals surface area contributed by atoms with Crippen LogP contribution >= 0.6 is 0 Å². The van der Waals surface area contributed by atoms with Crippen molar-refractivity contribution in [2.45, 2.75) is 26.2 Å². The normalized spacial score (nSPS) is 38.3. The highest BCUT2D eigenvalue weighted by Crippen LogP contribution is 2.30. The zero-order valence-corrected chi connectivity index (χ0v) is 12.5. The van der Waals surface area contributed by atoms with E-state index in [-0.39, 0.29) is 0 Å². The quantitative estimate of drug-likeness (QED) is 0.805. The standard InChI is InChI=1S/C13H25N3O2S/c1-11-3-2-5-15(9-11)19(17,18)16-6-4-12-7-14-8-13(12)10-16/h11-14H,2-10H2,1H3. The van der Waals surface area contributed by atoms with E-state index in [9.17, 15) is 8.42 Å². The lowest BCUT2D eigenvalue weighted by molar-refractivity contribution is 0.201. The fourth-order valence-corrected chi connectivity index (χ4v) is 5.58. The molecule has 3 unspecified atom stereocenters. The van der Waals surface area contributed by atoms with Crippen molar-refractivity contribution in [2.24, 2.45) is 17.8 Å². The van der Waals surface area contributed by atoms with Gasteiger partial charge in [-0.25, -0.2) is 0 Å². The van der Waals surface area contributed by atoms with E-state index < -0.39 is 10.2 Å². The van der Waals surface area contributed by atoms with E-state index >= 15 is 0 Å². The van der Waals surface area contributed by atoms with Gasteiger partial charge >= 0.3 is 0 Å². The minimum atomic E-state index is -3.22. The Morgan fingerprint density at radius 1 is 1.00 bits per heavy atom. The molecule has 3 atom stereocenters. The van der Waals surface area contributed by atoms with Gasteiger partial charge in [0.1, 0.15) is 0 Å². The highest BCUT2D eigenvalue weighted by atomic mass is 32.2. The average molecular weight is 287 g/mol. The van der Waals surface area contributed by atoms with Crippen molar-refractivity contribution >= 4 is 10.2 Å². The first-order valence-corrected chi connectivity index (χ1v) is 8.93. The molecule has 1 N–H and O–H groups in total. The third-order valence-corrected chi connectivity index (χ3v) is 6.91. The van der Waals surface area contributed by atoms with Crippen molar-refractivity contribution in [1.29, 1.82) is 0 Å². The summed E-state index contributed by atoms with van der Waals surface area (Å²) in [5.41, 5.74) is 0. The molecule has 3 heterocycles. The molecule has 0 aliphatic carbocycles. The van der Waals surface area contributed by atoms with Gasteiger partial charge in [0, 0.05) is 26.2 Å². The molecular weight excluding hydrogens is 262 g/mol. The molecule has 0 radical (unpaired) electrons. The minimum Gasteiger partial charge on any atom is -0.316 e. The van der Waals surface area contributed by atoms with Crippen LogP contribution in [0, 0.1) is 17.8 Å². The van der Waals surface area contributed by atoms with Crippen LogP contribution in [0.4, 0.5) is 0 Å². The van der Waals surface area contributed by atoms with E-state index in [0.29, 0.717) is 43.9 Å². The summed E-state index contributed by atoms with van der Waals surface area (Å²) in [6.45, 7) is 7.02. The predicted molar refractivity (Wildman–Crippen MR) is 74.9 cm³/mol. The highest BCUT2D eigenvalue weighted by Gasteiger charge is 2.40. The van der Waals surface area contributed by atoms with Crippen molar-refractivity contribution < 1.29 is 8.42 Å². The van der Waals surface area contributed by atoms with Crippen LogP contribution in [-0.4, -0.2) is 56.3 Å². The number of piperidine rings is 2. The SMILES string of the molecule is CC1CCCN(S(=O)(=O)N2CCC3CNCC3C2)C1. The first-order valence-electron chi connectivity index (χ1n) is 7.53. The monoisotopic (exact) mass is 287 g/mol. The summed E-state index contributed by atoms with van der Waals surface area (Å²) in [5.74, 6) is 1.70. The number of nitrogens with zero attached hydrogens (tertiary/aromatic N) is 2. The molecule has 0 spiro atoms. The van der Waals surface area contributed by atoms with Crippen LogP contribution in [-0.2, 0) is 10.2 Å². The van der Waals surface area contributed by atoms with E-state index in [1.165, 1.54) is 0 Å². The Hall–Kier alpha value is -0.170. The van der Waals surface area contributed by atoms with Gasteiger partial charge in [-0.15, -0.1) is 0 Å². The Bertz CT molecular complexity index is 426. The molecule has 0 aromatic carbocycles. The first-order chi connectivity index (χ1) is 9.07. The second kappa shape index (κ2) is 5.31. The molecule has 3 fully saturated rings. The Labute approximate surface area is 116 Å². The van der Waals surface area contributed by atoms with Crippen LogP contribution in [0.25, 0.3) is 0 Å². The molecule has 19 heavy (non-hydrogen) atoms. The topological polar surface area (TPSA) is 52.7 Å². The van der Waals surface area contributed by atoms with Gasteiger partial charge in [0.2, 0.25) is 0 Å². The van der Waals surface area contributed by atoms with Gasteiger partial charge in [-0.2, -0.15) is 17.0 Å².